The van der Waals surface area contributed by atoms with Gasteiger partial charge in [-0.15, -0.1) is 0 Å². The number of carbonyl (C=O) groups is 1. The highest BCUT2D eigenvalue weighted by molar-refractivity contribution is 5.93. The van der Waals surface area contributed by atoms with Crippen LogP contribution >= 0.6 is 0 Å². The number of anilines is 2. The third-order valence-corrected chi connectivity index (χ3v) is 2.61. The first kappa shape index (κ1) is 15.0. The molecule has 0 aromatic heterocycles. The van der Waals surface area contributed by atoms with E-state index in [2.05, 4.69) is 5.32 Å². The summed E-state index contributed by atoms with van der Waals surface area (Å²) < 4.78 is 0. The predicted octanol–water partition coefficient (Wildman–Crippen LogP) is 0.845. The normalized spacial score (nSPS) is 12.4. The summed E-state index contributed by atoms with van der Waals surface area (Å²) in [5.41, 5.74) is 8.25. The fraction of sp³-hybridized carbons (Fsp3) is 0.357. The van der Waals surface area contributed by atoms with E-state index in [0.717, 1.165) is 11.3 Å². The number of aliphatic hydroxyl groups excluding tert-OH is 1. The maximum Gasteiger partial charge on any atom is 0.244 e. The third kappa shape index (κ3) is 4.63. The molecule has 0 radical (unpaired) electrons. The van der Waals surface area contributed by atoms with Gasteiger partial charge in [-0.2, -0.15) is 0 Å². The fourth-order valence-corrected chi connectivity index (χ4v) is 1.62. The molecule has 0 saturated carbocycles. The largest absolute Gasteiger partial charge is 0.399 e. The van der Waals surface area contributed by atoms with E-state index in [-0.39, 0.29) is 18.6 Å². The highest BCUT2D eigenvalue weighted by atomic mass is 16.3. The Morgan fingerprint density at radius 3 is 2.79 bits per heavy atom. The number of benzene rings is 1. The number of nitrogens with one attached hydrogen (secondary N) is 1. The Morgan fingerprint density at radius 1 is 1.53 bits per heavy atom. The zero-order valence-electron chi connectivity index (χ0n) is 11.6. The first-order chi connectivity index (χ1) is 8.93. The number of hydrogen-bond donors (Lipinski definition) is 3. The van der Waals surface area contributed by atoms with Gasteiger partial charge in [0.25, 0.3) is 0 Å². The van der Waals surface area contributed by atoms with E-state index in [1.807, 2.05) is 37.2 Å². The van der Waals surface area contributed by atoms with Gasteiger partial charge < -0.3 is 21.1 Å². The molecular weight excluding hydrogens is 242 g/mol. The van der Waals surface area contributed by atoms with E-state index in [1.54, 1.807) is 13.0 Å². The van der Waals surface area contributed by atoms with Crippen LogP contribution in [-0.4, -0.2) is 37.8 Å². The van der Waals surface area contributed by atoms with Gasteiger partial charge in [0.15, 0.2) is 0 Å². The summed E-state index contributed by atoms with van der Waals surface area (Å²) in [4.78, 5) is 13.5. The van der Waals surface area contributed by atoms with Gasteiger partial charge in [-0.3, -0.25) is 4.79 Å². The van der Waals surface area contributed by atoms with Crippen molar-refractivity contribution < 1.29 is 9.90 Å². The molecular formula is C14H21N3O2. The lowest BCUT2D eigenvalue weighted by Gasteiger charge is -2.16. The third-order valence-electron chi connectivity index (χ3n) is 2.61. The zero-order valence-corrected chi connectivity index (χ0v) is 11.6. The molecule has 1 aromatic rings. The molecule has 0 saturated heterocycles. The van der Waals surface area contributed by atoms with Crippen LogP contribution < -0.4 is 16.0 Å². The molecule has 0 aliphatic heterocycles. The second-order valence-corrected chi connectivity index (χ2v) is 4.64. The molecule has 5 nitrogen and oxygen atoms in total. The second kappa shape index (κ2) is 6.80. The molecule has 0 fully saturated rings. The Labute approximate surface area is 113 Å². The summed E-state index contributed by atoms with van der Waals surface area (Å²) in [5.74, 6) is -0.242. The lowest BCUT2D eigenvalue weighted by Crippen LogP contribution is -2.33. The molecule has 5 heteroatoms. The molecule has 1 atom stereocenters. The first-order valence-electron chi connectivity index (χ1n) is 6.10. The molecule has 1 rings (SSSR count). The summed E-state index contributed by atoms with van der Waals surface area (Å²) >= 11 is 0. The molecule has 1 unspecified atom stereocenters. The SMILES string of the molecule is CC(CO)NC(=O)C=Cc1cc(N)ccc1N(C)C. The molecule has 0 heterocycles. The highest BCUT2D eigenvalue weighted by Gasteiger charge is 2.05. The van der Waals surface area contributed by atoms with Crippen molar-refractivity contribution in [3.8, 4) is 0 Å². The minimum atomic E-state index is -0.258. The number of hydrogen-bond acceptors (Lipinski definition) is 4. The van der Waals surface area contributed by atoms with Gasteiger partial charge in [0.1, 0.15) is 0 Å². The van der Waals surface area contributed by atoms with Gasteiger partial charge in [-0.25, -0.2) is 0 Å². The Bertz CT molecular complexity index is 470. The molecule has 1 aromatic carbocycles. The number of aliphatic hydroxyl groups is 1. The van der Waals surface area contributed by atoms with Crippen molar-refractivity contribution in [1.29, 1.82) is 0 Å². The summed E-state index contributed by atoms with van der Waals surface area (Å²) in [5, 5.41) is 11.5. The maximum absolute atomic E-state index is 11.6. The van der Waals surface area contributed by atoms with Crippen LogP contribution in [-0.2, 0) is 4.79 Å². The smallest absolute Gasteiger partial charge is 0.244 e. The summed E-state index contributed by atoms with van der Waals surface area (Å²) in [6.07, 6.45) is 3.15. The zero-order chi connectivity index (χ0) is 14.4. The molecule has 19 heavy (non-hydrogen) atoms. The monoisotopic (exact) mass is 263 g/mol. The Kier molecular flexibility index (Phi) is 5.38. The van der Waals surface area contributed by atoms with Crippen LogP contribution in [0.3, 0.4) is 0 Å². The van der Waals surface area contributed by atoms with Crippen molar-refractivity contribution >= 4 is 23.4 Å². The van der Waals surface area contributed by atoms with Crippen molar-refractivity contribution in [3.05, 3.63) is 29.8 Å². The van der Waals surface area contributed by atoms with Crippen molar-refractivity contribution in [2.45, 2.75) is 13.0 Å². The van der Waals surface area contributed by atoms with Crippen LogP contribution in [0.4, 0.5) is 11.4 Å². The molecule has 104 valence electrons. The van der Waals surface area contributed by atoms with Crippen LogP contribution in [0.15, 0.2) is 24.3 Å². The Morgan fingerprint density at radius 2 is 2.21 bits per heavy atom. The van der Waals surface area contributed by atoms with Gasteiger partial charge in [-0.05, 0) is 36.8 Å². The Hall–Kier alpha value is -2.01. The summed E-state index contributed by atoms with van der Waals surface area (Å²) in [6.45, 7) is 1.65. The van der Waals surface area contributed by atoms with Crippen LogP contribution in [0.1, 0.15) is 12.5 Å². The van der Waals surface area contributed by atoms with Crippen LogP contribution in [0.5, 0.6) is 0 Å². The predicted molar refractivity (Wildman–Crippen MR) is 78.9 cm³/mol. The molecule has 0 spiro atoms. The van der Waals surface area contributed by atoms with Gasteiger partial charge in [0, 0.05) is 37.6 Å². The Balaban J connectivity index is 2.86. The molecule has 0 bridgehead atoms. The van der Waals surface area contributed by atoms with E-state index in [4.69, 9.17) is 10.8 Å². The van der Waals surface area contributed by atoms with Gasteiger partial charge in [-0.1, -0.05) is 0 Å². The fourth-order valence-electron chi connectivity index (χ4n) is 1.62. The first-order valence-corrected chi connectivity index (χ1v) is 6.10. The van der Waals surface area contributed by atoms with Crippen molar-refractivity contribution in [2.75, 3.05) is 31.3 Å². The minimum Gasteiger partial charge on any atom is -0.399 e. The standard InChI is InChI=1S/C14H21N3O2/c1-10(9-18)16-14(19)7-4-11-8-12(15)5-6-13(11)17(2)3/h4-8,10,18H,9,15H2,1-3H3,(H,16,19). The topological polar surface area (TPSA) is 78.6 Å². The van der Waals surface area contributed by atoms with Gasteiger partial charge in [0.2, 0.25) is 5.91 Å². The number of amides is 1. The summed E-state index contributed by atoms with van der Waals surface area (Å²) in [6, 6.07) is 5.28. The van der Waals surface area contributed by atoms with E-state index >= 15 is 0 Å². The second-order valence-electron chi connectivity index (χ2n) is 4.64. The molecule has 0 aliphatic rings. The molecule has 0 aliphatic carbocycles. The number of nitrogen functional groups attached to an aromatic ring is 1. The number of nitrogens with two attached hydrogens (primary N) is 1. The average Bonchev–Trinajstić information content (AvgIpc) is 2.35. The lowest BCUT2D eigenvalue weighted by atomic mass is 10.1. The van der Waals surface area contributed by atoms with Crippen molar-refractivity contribution in [3.63, 3.8) is 0 Å². The van der Waals surface area contributed by atoms with Crippen LogP contribution in [0.2, 0.25) is 0 Å². The van der Waals surface area contributed by atoms with Crippen LogP contribution in [0, 0.1) is 0 Å². The number of nitrogens with zero attached hydrogens (tertiary/aromatic N) is 1. The van der Waals surface area contributed by atoms with E-state index in [9.17, 15) is 4.79 Å². The summed E-state index contributed by atoms with van der Waals surface area (Å²) in [7, 11) is 3.85. The quantitative estimate of drug-likeness (QED) is 0.543. The lowest BCUT2D eigenvalue weighted by molar-refractivity contribution is -0.117. The van der Waals surface area contributed by atoms with E-state index < -0.39 is 0 Å². The number of carbonyl (C=O) groups excluding carboxylic acids is 1. The molecule has 1 amide bonds. The van der Waals surface area contributed by atoms with Gasteiger partial charge in [0.05, 0.1) is 6.61 Å². The van der Waals surface area contributed by atoms with Crippen LogP contribution in [0.25, 0.3) is 6.08 Å². The van der Waals surface area contributed by atoms with E-state index in [0.29, 0.717) is 5.69 Å². The van der Waals surface area contributed by atoms with Crippen molar-refractivity contribution in [1.82, 2.24) is 5.32 Å². The maximum atomic E-state index is 11.6. The molecule has 4 N–H and O–H groups in total. The number of rotatable bonds is 5. The average molecular weight is 263 g/mol. The minimum absolute atomic E-state index is 0.0825. The highest BCUT2D eigenvalue weighted by Crippen LogP contribution is 2.22. The van der Waals surface area contributed by atoms with Crippen molar-refractivity contribution in [2.24, 2.45) is 0 Å². The van der Waals surface area contributed by atoms with Gasteiger partial charge >= 0.3 is 0 Å². The van der Waals surface area contributed by atoms with E-state index in [1.165, 1.54) is 6.08 Å².